The molecule has 0 radical (unpaired) electrons. The molecular weight excluding hydrogens is 380 g/mol. The maximum atomic E-state index is 11.9. The number of pyridine rings is 1. The minimum atomic E-state index is -3.11. The van der Waals surface area contributed by atoms with Gasteiger partial charge in [0.15, 0.2) is 5.13 Å². The molecule has 2 N–H and O–H groups in total. The van der Waals surface area contributed by atoms with E-state index in [0.29, 0.717) is 18.5 Å². The normalized spacial score (nSPS) is 20.5. The predicted octanol–water partition coefficient (Wildman–Crippen LogP) is 3.90. The third-order valence-corrected chi connectivity index (χ3v) is 7.17. The molecule has 0 bridgehead atoms. The number of anilines is 1. The van der Waals surface area contributed by atoms with E-state index in [9.17, 15) is 8.42 Å². The van der Waals surface area contributed by atoms with Crippen molar-refractivity contribution in [1.82, 2.24) is 14.7 Å². The van der Waals surface area contributed by atoms with Gasteiger partial charge in [-0.25, -0.2) is 18.1 Å². The second kappa shape index (κ2) is 9.61. The number of thiazole rings is 1. The minimum absolute atomic E-state index is 0.239. The highest BCUT2D eigenvalue weighted by atomic mass is 32.2. The van der Waals surface area contributed by atoms with Gasteiger partial charge in [-0.3, -0.25) is 4.98 Å². The van der Waals surface area contributed by atoms with Gasteiger partial charge in [-0.2, -0.15) is 0 Å². The Hall–Kier alpha value is -1.51. The molecule has 0 amide bonds. The molecule has 2 heterocycles. The Kier molecular flexibility index (Phi) is 7.20. The zero-order valence-electron chi connectivity index (χ0n) is 15.7. The zero-order chi connectivity index (χ0) is 19.1. The monoisotopic (exact) mass is 408 g/mol. The van der Waals surface area contributed by atoms with E-state index in [-0.39, 0.29) is 5.75 Å². The summed E-state index contributed by atoms with van der Waals surface area (Å²) < 4.78 is 26.6. The average molecular weight is 409 g/mol. The molecule has 0 aliphatic heterocycles. The van der Waals surface area contributed by atoms with Crippen LogP contribution >= 0.6 is 11.3 Å². The highest BCUT2D eigenvalue weighted by Crippen LogP contribution is 2.29. The Morgan fingerprint density at radius 2 is 2.00 bits per heavy atom. The van der Waals surface area contributed by atoms with Crippen molar-refractivity contribution in [2.45, 2.75) is 51.5 Å². The highest BCUT2D eigenvalue weighted by Gasteiger charge is 2.23. The van der Waals surface area contributed by atoms with Crippen molar-refractivity contribution in [1.29, 1.82) is 0 Å². The van der Waals surface area contributed by atoms with Gasteiger partial charge in [0.25, 0.3) is 0 Å². The smallest absolute Gasteiger partial charge is 0.211 e. The van der Waals surface area contributed by atoms with Gasteiger partial charge in [-0.1, -0.05) is 19.4 Å². The first-order valence-corrected chi connectivity index (χ1v) is 12.2. The number of hydrogen-bond donors (Lipinski definition) is 2. The summed E-state index contributed by atoms with van der Waals surface area (Å²) in [6.45, 7) is 2.57. The van der Waals surface area contributed by atoms with E-state index in [4.69, 9.17) is 0 Å². The van der Waals surface area contributed by atoms with Crippen LogP contribution in [0.25, 0.3) is 11.4 Å². The van der Waals surface area contributed by atoms with Gasteiger partial charge in [0.2, 0.25) is 10.0 Å². The van der Waals surface area contributed by atoms with E-state index >= 15 is 0 Å². The molecule has 2 aromatic rings. The van der Waals surface area contributed by atoms with E-state index in [1.807, 2.05) is 30.5 Å². The Bertz CT molecular complexity index is 800. The van der Waals surface area contributed by atoms with Crippen molar-refractivity contribution in [3.8, 4) is 11.4 Å². The quantitative estimate of drug-likeness (QED) is 0.657. The van der Waals surface area contributed by atoms with E-state index in [0.717, 1.165) is 55.0 Å². The van der Waals surface area contributed by atoms with Crippen LogP contribution in [0.5, 0.6) is 0 Å². The first-order valence-electron chi connectivity index (χ1n) is 9.66. The first-order chi connectivity index (χ1) is 13.1. The molecule has 8 heteroatoms. The summed E-state index contributed by atoms with van der Waals surface area (Å²) in [6.07, 6.45) is 7.55. The Labute approximate surface area is 165 Å². The number of rotatable bonds is 9. The van der Waals surface area contributed by atoms with Gasteiger partial charge in [0, 0.05) is 24.2 Å². The molecule has 0 atom stereocenters. The number of sulfonamides is 1. The second-order valence-electron chi connectivity index (χ2n) is 7.14. The lowest BCUT2D eigenvalue weighted by Crippen LogP contribution is -2.35. The van der Waals surface area contributed by atoms with E-state index in [2.05, 4.69) is 20.0 Å². The fraction of sp³-hybridized carbons (Fsp3) is 0.579. The molecule has 1 saturated carbocycles. The molecule has 1 aliphatic carbocycles. The summed E-state index contributed by atoms with van der Waals surface area (Å²) >= 11 is 1.61. The summed E-state index contributed by atoms with van der Waals surface area (Å²) in [5.41, 5.74) is 1.79. The lowest BCUT2D eigenvalue weighted by Gasteiger charge is -2.29. The van der Waals surface area contributed by atoms with Crippen molar-refractivity contribution < 1.29 is 8.42 Å². The highest BCUT2D eigenvalue weighted by molar-refractivity contribution is 7.89. The standard InChI is InChI=1S/C19H28N4O2S2/c1-2-3-12-27(24,25)21-13-15-7-9-16(10-8-15)22-19-23-18(14-26-19)17-6-4-5-11-20-17/h4-6,11,14-16,21H,2-3,7-10,12-13H2,1H3,(H,22,23)/t15-,16-. The number of unbranched alkanes of at least 4 members (excludes halogenated alkanes) is 1. The van der Waals surface area contributed by atoms with Crippen LogP contribution < -0.4 is 10.0 Å². The predicted molar refractivity (Wildman–Crippen MR) is 111 cm³/mol. The fourth-order valence-electron chi connectivity index (χ4n) is 3.31. The molecule has 0 unspecified atom stereocenters. The minimum Gasteiger partial charge on any atom is -0.359 e. The summed E-state index contributed by atoms with van der Waals surface area (Å²) in [7, 11) is -3.11. The summed E-state index contributed by atoms with van der Waals surface area (Å²) in [5.74, 6) is 0.670. The molecule has 27 heavy (non-hydrogen) atoms. The van der Waals surface area contributed by atoms with Crippen LogP contribution in [-0.4, -0.2) is 36.7 Å². The van der Waals surface area contributed by atoms with E-state index in [1.165, 1.54) is 0 Å². The van der Waals surface area contributed by atoms with Gasteiger partial charge in [-0.15, -0.1) is 11.3 Å². The zero-order valence-corrected chi connectivity index (χ0v) is 17.4. The van der Waals surface area contributed by atoms with Gasteiger partial charge in [0.1, 0.15) is 5.69 Å². The fourth-order valence-corrected chi connectivity index (χ4v) is 5.39. The number of hydrogen-bond acceptors (Lipinski definition) is 6. The molecule has 1 fully saturated rings. The van der Waals surface area contributed by atoms with Gasteiger partial charge in [-0.05, 0) is 50.2 Å². The summed E-state index contributed by atoms with van der Waals surface area (Å²) in [6, 6.07) is 6.23. The van der Waals surface area contributed by atoms with Crippen LogP contribution in [0.3, 0.4) is 0 Å². The molecule has 3 rings (SSSR count). The summed E-state index contributed by atoms with van der Waals surface area (Å²) in [5, 5.41) is 6.49. The molecule has 148 valence electrons. The van der Waals surface area contributed by atoms with Crippen LogP contribution in [0.1, 0.15) is 45.4 Å². The molecule has 0 aromatic carbocycles. The Morgan fingerprint density at radius 3 is 2.70 bits per heavy atom. The van der Waals surface area contributed by atoms with Crippen molar-refractivity contribution in [2.75, 3.05) is 17.6 Å². The maximum absolute atomic E-state index is 11.9. The third kappa shape index (κ3) is 6.26. The number of nitrogens with zero attached hydrogens (tertiary/aromatic N) is 2. The first kappa shape index (κ1) is 20.2. The molecule has 6 nitrogen and oxygen atoms in total. The maximum Gasteiger partial charge on any atom is 0.211 e. The lowest BCUT2D eigenvalue weighted by atomic mass is 9.86. The van der Waals surface area contributed by atoms with E-state index in [1.54, 1.807) is 17.5 Å². The van der Waals surface area contributed by atoms with Crippen LogP contribution in [0, 0.1) is 5.92 Å². The topological polar surface area (TPSA) is 84.0 Å². The second-order valence-corrected chi connectivity index (χ2v) is 9.92. The van der Waals surface area contributed by atoms with Crippen LogP contribution in [-0.2, 0) is 10.0 Å². The van der Waals surface area contributed by atoms with Gasteiger partial charge < -0.3 is 5.32 Å². The third-order valence-electron chi connectivity index (χ3n) is 4.96. The summed E-state index contributed by atoms with van der Waals surface area (Å²) in [4.78, 5) is 8.98. The molecule has 0 saturated heterocycles. The Balaban J connectivity index is 1.43. The van der Waals surface area contributed by atoms with Crippen molar-refractivity contribution in [3.05, 3.63) is 29.8 Å². The number of aromatic nitrogens is 2. The molecule has 0 spiro atoms. The SMILES string of the molecule is CCCCS(=O)(=O)NC[C@H]1CC[C@H](Nc2nc(-c3ccccn3)cs2)CC1. The molecular formula is C19H28N4O2S2. The Morgan fingerprint density at radius 1 is 1.19 bits per heavy atom. The van der Waals surface area contributed by atoms with Gasteiger partial charge in [0.05, 0.1) is 11.4 Å². The van der Waals surface area contributed by atoms with Crippen LogP contribution in [0.4, 0.5) is 5.13 Å². The van der Waals surface area contributed by atoms with Crippen molar-refractivity contribution in [3.63, 3.8) is 0 Å². The van der Waals surface area contributed by atoms with E-state index < -0.39 is 10.0 Å². The average Bonchev–Trinajstić information content (AvgIpc) is 3.15. The molecule has 2 aromatic heterocycles. The van der Waals surface area contributed by atoms with Crippen molar-refractivity contribution in [2.24, 2.45) is 5.92 Å². The van der Waals surface area contributed by atoms with Gasteiger partial charge >= 0.3 is 0 Å². The largest absolute Gasteiger partial charge is 0.359 e. The molecule has 1 aliphatic rings. The van der Waals surface area contributed by atoms with Crippen molar-refractivity contribution >= 4 is 26.5 Å². The number of nitrogens with one attached hydrogen (secondary N) is 2. The lowest BCUT2D eigenvalue weighted by molar-refractivity contribution is 0.337. The van der Waals surface area contributed by atoms with Crippen LogP contribution in [0.2, 0.25) is 0 Å². The van der Waals surface area contributed by atoms with Crippen LogP contribution in [0.15, 0.2) is 29.8 Å².